The molecule has 1 aliphatic carbocycles. The number of nitrogens with zero attached hydrogens (tertiary/aromatic N) is 2. The summed E-state index contributed by atoms with van der Waals surface area (Å²) in [4.78, 5) is 6.79. The van der Waals surface area contributed by atoms with Gasteiger partial charge in [0, 0.05) is 0 Å². The Hall–Kier alpha value is -0.760. The van der Waals surface area contributed by atoms with Crippen molar-refractivity contribution in [2.45, 2.75) is 31.2 Å². The first kappa shape index (κ1) is 20.5. The van der Waals surface area contributed by atoms with Crippen LogP contribution in [0.25, 0.3) is 0 Å². The first-order valence-corrected chi connectivity index (χ1v) is 12.7. The zero-order valence-electron chi connectivity index (χ0n) is 15.9. The van der Waals surface area contributed by atoms with Crippen LogP contribution in [0.4, 0.5) is 5.82 Å². The van der Waals surface area contributed by atoms with Crippen LogP contribution in [0.5, 0.6) is 0 Å². The molecule has 0 radical (unpaired) electrons. The van der Waals surface area contributed by atoms with E-state index in [1.807, 2.05) is 18.3 Å². The molecular weight excluding hydrogens is 508 g/mol. The number of pyridine rings is 1. The molecule has 2 fully saturated rings. The molecule has 4 rings (SSSR count). The normalized spacial score (nSPS) is 22.4. The minimum absolute atomic E-state index is 0.202. The zero-order valence-corrected chi connectivity index (χ0v) is 19.6. The first-order valence-electron chi connectivity index (χ1n) is 9.64. The van der Waals surface area contributed by atoms with Crippen molar-refractivity contribution in [2.24, 2.45) is 5.92 Å². The molecular formula is C21H25Cl2IN3O-. The molecule has 1 aromatic heterocycles. The Morgan fingerprint density at radius 3 is 2.79 bits per heavy atom. The van der Waals surface area contributed by atoms with Crippen LogP contribution in [0.1, 0.15) is 25.7 Å². The van der Waals surface area contributed by atoms with Gasteiger partial charge in [-0.2, -0.15) is 0 Å². The van der Waals surface area contributed by atoms with E-state index in [0.717, 1.165) is 47.5 Å². The van der Waals surface area contributed by atoms with Crippen LogP contribution in [0.3, 0.4) is 0 Å². The predicted molar refractivity (Wildman–Crippen MR) is 111 cm³/mol. The summed E-state index contributed by atoms with van der Waals surface area (Å²) in [5.41, 5.74) is 1.36. The molecule has 1 saturated heterocycles. The van der Waals surface area contributed by atoms with Crippen molar-refractivity contribution in [2.75, 3.05) is 31.7 Å². The van der Waals surface area contributed by atoms with E-state index in [1.54, 1.807) is 7.11 Å². The van der Waals surface area contributed by atoms with E-state index in [-0.39, 0.29) is 26.7 Å². The third-order valence-corrected chi connectivity index (χ3v) is 9.06. The van der Waals surface area contributed by atoms with Gasteiger partial charge >= 0.3 is 182 Å². The molecule has 1 aromatic rings. The van der Waals surface area contributed by atoms with Crippen LogP contribution in [-0.4, -0.2) is 37.3 Å². The summed E-state index contributed by atoms with van der Waals surface area (Å²) < 4.78 is 8.81. The second-order valence-electron chi connectivity index (χ2n) is 7.54. The van der Waals surface area contributed by atoms with Crippen molar-refractivity contribution in [3.63, 3.8) is 0 Å². The van der Waals surface area contributed by atoms with Gasteiger partial charge in [-0.05, 0) is 6.07 Å². The number of hydrogen-bond acceptors (Lipinski definition) is 4. The second-order valence-corrected chi connectivity index (χ2v) is 11.0. The van der Waals surface area contributed by atoms with E-state index < -0.39 is 0 Å². The molecule has 3 heterocycles. The molecule has 0 amide bonds. The second kappa shape index (κ2) is 8.94. The van der Waals surface area contributed by atoms with Gasteiger partial charge in [0.25, 0.3) is 0 Å². The molecule has 28 heavy (non-hydrogen) atoms. The molecule has 1 N–H and O–H groups in total. The topological polar surface area (TPSA) is 37.4 Å². The van der Waals surface area contributed by atoms with Gasteiger partial charge in [0.05, 0.1) is 0 Å². The summed E-state index contributed by atoms with van der Waals surface area (Å²) in [5, 5.41) is 5.43. The molecule has 0 atom stereocenters. The Kier molecular flexibility index (Phi) is 6.55. The van der Waals surface area contributed by atoms with Crippen LogP contribution in [0.2, 0.25) is 5.02 Å². The molecule has 0 bridgehead atoms. The summed E-state index contributed by atoms with van der Waals surface area (Å²) in [5.74, 6) is 1.58. The molecule has 0 unspecified atom stereocenters. The molecule has 0 spiro atoms. The zero-order chi connectivity index (χ0) is 19.6. The van der Waals surface area contributed by atoms with Gasteiger partial charge in [-0.25, -0.2) is 0 Å². The van der Waals surface area contributed by atoms with Crippen LogP contribution >= 0.6 is 23.2 Å². The average molecular weight is 533 g/mol. The summed E-state index contributed by atoms with van der Waals surface area (Å²) in [7, 11) is 1.72. The molecule has 152 valence electrons. The number of anilines is 1. The van der Waals surface area contributed by atoms with Crippen molar-refractivity contribution in [1.29, 1.82) is 0 Å². The number of methoxy groups -OCH3 is 1. The van der Waals surface area contributed by atoms with Gasteiger partial charge in [0.15, 0.2) is 0 Å². The maximum atomic E-state index is 6.54. The minimum atomic E-state index is -0.202. The van der Waals surface area contributed by atoms with Gasteiger partial charge in [0.2, 0.25) is 0 Å². The third kappa shape index (κ3) is 4.53. The number of rotatable bonds is 6. The van der Waals surface area contributed by atoms with Crippen molar-refractivity contribution >= 4 is 29.0 Å². The van der Waals surface area contributed by atoms with E-state index in [9.17, 15) is 0 Å². The van der Waals surface area contributed by atoms with Crippen molar-refractivity contribution in [3.05, 3.63) is 53.9 Å². The van der Waals surface area contributed by atoms with Crippen molar-refractivity contribution in [3.8, 4) is 0 Å². The summed E-state index contributed by atoms with van der Waals surface area (Å²) in [6, 6.07) is 3.80. The summed E-state index contributed by atoms with van der Waals surface area (Å²) in [6.45, 7) is 2.63. The molecule has 0 aromatic carbocycles. The van der Waals surface area contributed by atoms with E-state index in [1.165, 1.54) is 16.4 Å². The number of nitrogens with one attached hydrogen (secondary N) is 1. The fourth-order valence-electron chi connectivity index (χ4n) is 4.11. The summed E-state index contributed by atoms with van der Waals surface area (Å²) >= 11 is 12.7. The number of aromatic nitrogens is 1. The van der Waals surface area contributed by atoms with Gasteiger partial charge in [-0.1, -0.05) is 0 Å². The standard InChI is InChI=1S/C21H25Cl2IN3O/c1-28-14-19-18(23)13-16(4-9-24-19)26-21(7-8-21)15-5-11-27(12-6-15)20-17(22)3-2-10-25-20/h2-4,9-10,13,15,26H,5-8,11-12,14H2,1H3/q-1. The predicted octanol–water partition coefficient (Wildman–Crippen LogP) is 1.67. The quantitative estimate of drug-likeness (QED) is 0.566. The van der Waals surface area contributed by atoms with E-state index in [4.69, 9.17) is 27.9 Å². The first-order chi connectivity index (χ1) is 13.6. The molecule has 2 aliphatic heterocycles. The Labute approximate surface area is 187 Å². The summed E-state index contributed by atoms with van der Waals surface area (Å²) in [6.07, 6.45) is 10.9. The number of hydrogen-bond donors (Lipinski definition) is 1. The van der Waals surface area contributed by atoms with Crippen LogP contribution < -0.4 is 31.4 Å². The van der Waals surface area contributed by atoms with E-state index in [0.29, 0.717) is 12.5 Å². The van der Waals surface area contributed by atoms with Crippen molar-refractivity contribution in [1.82, 2.24) is 10.3 Å². The molecule has 7 heteroatoms. The number of allylic oxidation sites excluding steroid dienone is 3. The SMILES string of the molecule is COCC1=C(Cl)C=C(NC2(C3CCN(c4ncccc4Cl)CC3)CC2)C=C[I-]1. The average Bonchev–Trinajstić information content (AvgIpc) is 3.50. The number of piperidine rings is 1. The van der Waals surface area contributed by atoms with Crippen molar-refractivity contribution < 1.29 is 25.9 Å². The fraction of sp³-hybridized carbons (Fsp3) is 0.476. The maximum absolute atomic E-state index is 6.54. The Morgan fingerprint density at radius 1 is 1.32 bits per heavy atom. The Morgan fingerprint density at radius 2 is 2.11 bits per heavy atom. The van der Waals surface area contributed by atoms with Crippen LogP contribution in [0.15, 0.2) is 48.9 Å². The van der Waals surface area contributed by atoms with Crippen LogP contribution in [0, 0.1) is 5.92 Å². The third-order valence-electron chi connectivity index (χ3n) is 5.75. The number of ether oxygens (including phenoxy) is 1. The van der Waals surface area contributed by atoms with Gasteiger partial charge < -0.3 is 0 Å². The number of halogens is 3. The molecule has 1 saturated carbocycles. The molecule has 4 nitrogen and oxygen atoms in total. The monoisotopic (exact) mass is 532 g/mol. The van der Waals surface area contributed by atoms with E-state index in [2.05, 4.69) is 31.4 Å². The van der Waals surface area contributed by atoms with Gasteiger partial charge in [-0.3, -0.25) is 0 Å². The van der Waals surface area contributed by atoms with E-state index >= 15 is 0 Å². The van der Waals surface area contributed by atoms with Gasteiger partial charge in [-0.15, -0.1) is 0 Å². The Balaban J connectivity index is 1.41. The van der Waals surface area contributed by atoms with Crippen LogP contribution in [-0.2, 0) is 4.74 Å². The fourth-order valence-corrected chi connectivity index (χ4v) is 6.74. The Bertz CT molecular complexity index is 812. The molecule has 3 aliphatic rings. The van der Waals surface area contributed by atoms with Gasteiger partial charge in [0.1, 0.15) is 0 Å².